The van der Waals surface area contributed by atoms with Crippen LogP contribution in [0.2, 0.25) is 0 Å². The molecule has 3 aromatic carbocycles. The van der Waals surface area contributed by atoms with Crippen molar-refractivity contribution in [2.24, 2.45) is 4.99 Å². The Morgan fingerprint density at radius 1 is 1.09 bits per heavy atom. The zero-order valence-electron chi connectivity index (χ0n) is 19.1. The van der Waals surface area contributed by atoms with E-state index in [2.05, 4.69) is 15.4 Å². The normalized spacial score (nSPS) is 16.4. The summed E-state index contributed by atoms with van der Waals surface area (Å²) in [6.45, 7) is 1.15. The maximum atomic E-state index is 14.6. The predicted octanol–water partition coefficient (Wildman–Crippen LogP) is 6.69. The number of alkyl halides is 2. The number of aromatic nitrogens is 2. The molecule has 0 saturated carbocycles. The van der Waals surface area contributed by atoms with Gasteiger partial charge in [0, 0.05) is 31.1 Å². The zero-order valence-corrected chi connectivity index (χ0v) is 19.9. The van der Waals surface area contributed by atoms with Crippen LogP contribution in [-0.4, -0.2) is 27.9 Å². The monoisotopic (exact) mass is 488 g/mol. The van der Waals surface area contributed by atoms with Crippen LogP contribution in [-0.2, 0) is 12.5 Å². The van der Waals surface area contributed by atoms with Crippen LogP contribution in [0.5, 0.6) is 0 Å². The van der Waals surface area contributed by atoms with Crippen LogP contribution in [0.4, 0.5) is 13.6 Å². The Bertz CT molecular complexity index is 1490. The molecule has 5 rings (SSSR count). The summed E-state index contributed by atoms with van der Waals surface area (Å²) < 4.78 is 30.8. The maximum absolute atomic E-state index is 14.6. The number of nitrogens with one attached hydrogen (secondary N) is 1. The Morgan fingerprint density at radius 3 is 2.63 bits per heavy atom. The van der Waals surface area contributed by atoms with Gasteiger partial charge in [0.2, 0.25) is 0 Å². The second-order valence-corrected chi connectivity index (χ2v) is 9.38. The number of rotatable bonds is 5. The SMILES string of the molecule is CN=C1NC(=O)S/C1=C\c1ccc2nn(Cc3ccc(-c4ccccc4)cc3C(C)(F)F)cc2c1. The van der Waals surface area contributed by atoms with Crippen molar-refractivity contribution in [3.8, 4) is 11.1 Å². The number of hydrogen-bond acceptors (Lipinski definition) is 4. The van der Waals surface area contributed by atoms with Gasteiger partial charge in [-0.3, -0.25) is 14.5 Å². The quantitative estimate of drug-likeness (QED) is 0.341. The molecule has 1 aromatic heterocycles. The van der Waals surface area contributed by atoms with Crippen LogP contribution in [0.15, 0.2) is 82.8 Å². The molecule has 1 saturated heterocycles. The summed E-state index contributed by atoms with van der Waals surface area (Å²) in [7, 11) is 1.63. The molecule has 4 aromatic rings. The van der Waals surface area contributed by atoms with Crippen molar-refractivity contribution in [1.82, 2.24) is 15.1 Å². The molecular weight excluding hydrogens is 466 g/mol. The standard InChI is InChI=1S/C27H22F2N4OS/c1-27(28,29)22-14-19(18-6-4-3-5-7-18)9-10-20(22)15-33-16-21-12-17(8-11-23(21)32-33)13-24-25(30-2)31-26(34)35-24/h3-14,16H,15H2,1-2H3,(H,30,31,34)/b24-13-. The summed E-state index contributed by atoms with van der Waals surface area (Å²) in [5.41, 5.74) is 3.81. The number of hydrogen-bond donors (Lipinski definition) is 1. The minimum Gasteiger partial charge on any atom is -0.300 e. The Morgan fingerprint density at radius 2 is 1.89 bits per heavy atom. The first-order valence-corrected chi connectivity index (χ1v) is 11.8. The number of aliphatic imine (C=N–C) groups is 1. The fraction of sp³-hybridized carbons (Fsp3) is 0.148. The molecule has 8 heteroatoms. The van der Waals surface area contributed by atoms with Gasteiger partial charge in [0.05, 0.1) is 17.0 Å². The van der Waals surface area contributed by atoms with Crippen LogP contribution >= 0.6 is 11.8 Å². The van der Waals surface area contributed by atoms with E-state index in [4.69, 9.17) is 0 Å². The molecule has 0 atom stereocenters. The predicted molar refractivity (Wildman–Crippen MR) is 138 cm³/mol. The molecule has 2 heterocycles. The number of fused-ring (bicyclic) bond motifs is 1. The van der Waals surface area contributed by atoms with Gasteiger partial charge in [-0.2, -0.15) is 5.10 Å². The number of amidine groups is 1. The fourth-order valence-electron chi connectivity index (χ4n) is 4.12. The summed E-state index contributed by atoms with van der Waals surface area (Å²) in [5, 5.41) is 8.00. The Kier molecular flexibility index (Phi) is 5.98. The van der Waals surface area contributed by atoms with Gasteiger partial charge in [-0.25, -0.2) is 8.78 Å². The molecule has 1 aliphatic rings. The lowest BCUT2D eigenvalue weighted by molar-refractivity contribution is 0.0165. The highest BCUT2D eigenvalue weighted by Crippen LogP contribution is 2.34. The molecule has 0 unspecified atom stereocenters. The van der Waals surface area contributed by atoms with Gasteiger partial charge in [0.1, 0.15) is 5.84 Å². The smallest absolute Gasteiger partial charge is 0.289 e. The molecule has 0 spiro atoms. The molecule has 0 aliphatic carbocycles. The first-order chi connectivity index (χ1) is 16.8. The maximum Gasteiger partial charge on any atom is 0.289 e. The third-order valence-electron chi connectivity index (χ3n) is 5.78. The van der Waals surface area contributed by atoms with Gasteiger partial charge < -0.3 is 5.32 Å². The number of halogens is 2. The van der Waals surface area contributed by atoms with E-state index in [1.807, 2.05) is 66.9 Å². The second kappa shape index (κ2) is 9.11. The minimum absolute atomic E-state index is 0.00867. The van der Waals surface area contributed by atoms with Gasteiger partial charge >= 0.3 is 0 Å². The second-order valence-electron chi connectivity index (χ2n) is 8.37. The van der Waals surface area contributed by atoms with Crippen molar-refractivity contribution in [1.29, 1.82) is 0 Å². The van der Waals surface area contributed by atoms with Crippen molar-refractivity contribution in [2.45, 2.75) is 19.4 Å². The third kappa shape index (κ3) is 4.88. The van der Waals surface area contributed by atoms with Crippen LogP contribution in [0.25, 0.3) is 28.1 Å². The van der Waals surface area contributed by atoms with Crippen molar-refractivity contribution >= 4 is 39.8 Å². The summed E-state index contributed by atoms with van der Waals surface area (Å²) in [4.78, 5) is 16.5. The number of nitrogens with zero attached hydrogens (tertiary/aromatic N) is 3. The molecule has 176 valence electrons. The van der Waals surface area contributed by atoms with Crippen LogP contribution in [0, 0.1) is 0 Å². The van der Waals surface area contributed by atoms with Crippen molar-refractivity contribution in [2.75, 3.05) is 7.05 Å². The molecule has 1 amide bonds. The Balaban J connectivity index is 1.46. The first-order valence-electron chi connectivity index (χ1n) is 11.0. The molecule has 35 heavy (non-hydrogen) atoms. The average Bonchev–Trinajstić information content (AvgIpc) is 3.40. The van der Waals surface area contributed by atoms with Gasteiger partial charge in [0.15, 0.2) is 0 Å². The largest absolute Gasteiger partial charge is 0.300 e. The zero-order chi connectivity index (χ0) is 24.6. The van der Waals surface area contributed by atoms with E-state index >= 15 is 0 Å². The molecule has 5 nitrogen and oxygen atoms in total. The molecule has 1 N–H and O–H groups in total. The number of thioether (sulfide) groups is 1. The highest BCUT2D eigenvalue weighted by atomic mass is 32.2. The van der Waals surface area contributed by atoms with Crippen LogP contribution < -0.4 is 5.32 Å². The molecule has 1 fully saturated rings. The van der Waals surface area contributed by atoms with Gasteiger partial charge in [-0.15, -0.1) is 0 Å². The lowest BCUT2D eigenvalue weighted by atomic mass is 9.96. The molecule has 0 radical (unpaired) electrons. The van der Waals surface area contributed by atoms with E-state index < -0.39 is 5.92 Å². The number of carbonyl (C=O) groups excluding carboxylic acids is 1. The number of benzene rings is 3. The van der Waals surface area contributed by atoms with E-state index in [0.717, 1.165) is 51.2 Å². The third-order valence-corrected chi connectivity index (χ3v) is 6.59. The van der Waals surface area contributed by atoms with E-state index in [0.29, 0.717) is 11.4 Å². The van der Waals surface area contributed by atoms with E-state index in [-0.39, 0.29) is 17.3 Å². The Hall–Kier alpha value is -3.78. The summed E-state index contributed by atoms with van der Waals surface area (Å²) >= 11 is 1.10. The number of amides is 1. The summed E-state index contributed by atoms with van der Waals surface area (Å²) in [5.74, 6) is -2.45. The molecule has 0 bridgehead atoms. The summed E-state index contributed by atoms with van der Waals surface area (Å²) in [6.07, 6.45) is 3.74. The van der Waals surface area contributed by atoms with Gasteiger partial charge in [0.25, 0.3) is 11.2 Å². The fourth-order valence-corrected chi connectivity index (χ4v) is 4.90. The molecular formula is C27H22F2N4OS. The van der Waals surface area contributed by atoms with Gasteiger partial charge in [-0.1, -0.05) is 48.5 Å². The minimum atomic E-state index is -2.99. The number of carbonyl (C=O) groups is 1. The molecule has 1 aliphatic heterocycles. The highest BCUT2D eigenvalue weighted by molar-refractivity contribution is 8.18. The van der Waals surface area contributed by atoms with E-state index in [9.17, 15) is 13.6 Å². The van der Waals surface area contributed by atoms with Crippen molar-refractivity contribution in [3.63, 3.8) is 0 Å². The Labute approximate surface area is 205 Å². The topological polar surface area (TPSA) is 59.3 Å². The van der Waals surface area contributed by atoms with E-state index in [1.54, 1.807) is 23.9 Å². The highest BCUT2D eigenvalue weighted by Gasteiger charge is 2.28. The van der Waals surface area contributed by atoms with Crippen molar-refractivity contribution < 1.29 is 13.6 Å². The lowest BCUT2D eigenvalue weighted by Gasteiger charge is -2.17. The van der Waals surface area contributed by atoms with Crippen LogP contribution in [0.1, 0.15) is 23.6 Å². The summed E-state index contributed by atoms with van der Waals surface area (Å²) in [6, 6.07) is 20.4. The van der Waals surface area contributed by atoms with Crippen LogP contribution in [0.3, 0.4) is 0 Å². The lowest BCUT2D eigenvalue weighted by Crippen LogP contribution is -2.18. The van der Waals surface area contributed by atoms with Crippen molar-refractivity contribution in [3.05, 3.63) is 94.5 Å². The average molecular weight is 489 g/mol. The first kappa shape index (κ1) is 23.0. The van der Waals surface area contributed by atoms with E-state index in [1.165, 1.54) is 0 Å². The van der Waals surface area contributed by atoms with Gasteiger partial charge in [-0.05, 0) is 58.3 Å².